The molecular weight excluding hydrogens is 407 g/mol. The normalized spacial score (nSPS) is 19.4. The molecule has 2 fully saturated rings. The Morgan fingerprint density at radius 2 is 1.74 bits per heavy atom. The van der Waals surface area contributed by atoms with Gasteiger partial charge in [0, 0.05) is 38.3 Å². The third-order valence-corrected chi connectivity index (χ3v) is 5.46. The summed E-state index contributed by atoms with van der Waals surface area (Å²) >= 11 is 0. The van der Waals surface area contributed by atoms with Crippen LogP contribution in [0.4, 0.5) is 9.18 Å². The van der Waals surface area contributed by atoms with E-state index in [1.807, 2.05) is 0 Å². The van der Waals surface area contributed by atoms with Gasteiger partial charge in [0.05, 0.1) is 12.8 Å². The Balaban J connectivity index is 1.39. The van der Waals surface area contributed by atoms with E-state index >= 15 is 0 Å². The maximum Gasteiger partial charge on any atom is 0.324 e. The van der Waals surface area contributed by atoms with E-state index in [0.29, 0.717) is 13.1 Å². The summed E-state index contributed by atoms with van der Waals surface area (Å²) < 4.78 is 19.1. The lowest BCUT2D eigenvalue weighted by Crippen LogP contribution is -2.60. The summed E-state index contributed by atoms with van der Waals surface area (Å²) in [5.41, 5.74) is 0.184. The van der Waals surface area contributed by atoms with Crippen LogP contribution in [-0.4, -0.2) is 71.2 Å². The van der Waals surface area contributed by atoms with Crippen LogP contribution in [0.2, 0.25) is 0 Å². The molecule has 0 radical (unpaired) electrons. The summed E-state index contributed by atoms with van der Waals surface area (Å²) in [6.45, 7) is 0.754. The van der Waals surface area contributed by atoms with Crippen LogP contribution in [0.15, 0.2) is 47.1 Å². The standard InChI is InChI=1S/C21H21FN4O5/c22-16-5-2-1-4-14(16)13-26-19(28)15(12-23-21(26)30)18(27)24-7-9-25(10-8-24)20(29)17-6-3-11-31-17/h1-6,11,15H,7-10,12-13H2,(H,23,30). The number of carbonyl (C=O) groups excluding carboxylic acids is 4. The SMILES string of the molecule is O=C(c1ccco1)N1CCN(C(=O)C2CNC(=O)N(Cc3ccccc3F)C2=O)CC1. The highest BCUT2D eigenvalue weighted by Crippen LogP contribution is 2.19. The van der Waals surface area contributed by atoms with Gasteiger partial charge in [-0.25, -0.2) is 9.18 Å². The number of carbonyl (C=O) groups is 4. The summed E-state index contributed by atoms with van der Waals surface area (Å²) in [5.74, 6) is -2.73. The van der Waals surface area contributed by atoms with Crippen molar-refractivity contribution in [3.63, 3.8) is 0 Å². The van der Waals surface area contributed by atoms with Gasteiger partial charge in [-0.1, -0.05) is 18.2 Å². The first-order chi connectivity index (χ1) is 15.0. The highest BCUT2D eigenvalue weighted by Gasteiger charge is 2.41. The number of piperazine rings is 1. The number of nitrogens with zero attached hydrogens (tertiary/aromatic N) is 3. The number of hydrogen-bond acceptors (Lipinski definition) is 5. The van der Waals surface area contributed by atoms with Crippen molar-refractivity contribution in [3.8, 4) is 0 Å². The molecule has 1 aromatic carbocycles. The van der Waals surface area contributed by atoms with Gasteiger partial charge >= 0.3 is 6.03 Å². The second-order valence-electron chi connectivity index (χ2n) is 7.35. The van der Waals surface area contributed by atoms with Gasteiger partial charge in [0.1, 0.15) is 11.7 Å². The second kappa shape index (κ2) is 8.58. The summed E-state index contributed by atoms with van der Waals surface area (Å²) in [4.78, 5) is 54.4. The number of benzene rings is 1. The fourth-order valence-electron chi connectivity index (χ4n) is 3.71. The molecule has 4 rings (SSSR count). The smallest absolute Gasteiger partial charge is 0.324 e. The molecule has 1 unspecified atom stereocenters. The van der Waals surface area contributed by atoms with Crippen LogP contribution in [0.1, 0.15) is 16.1 Å². The number of halogens is 1. The van der Waals surface area contributed by atoms with Crippen LogP contribution in [-0.2, 0) is 16.1 Å². The van der Waals surface area contributed by atoms with Crippen LogP contribution in [0.3, 0.4) is 0 Å². The predicted molar refractivity (Wildman–Crippen MR) is 105 cm³/mol. The van der Waals surface area contributed by atoms with Gasteiger partial charge < -0.3 is 19.5 Å². The number of furan rings is 1. The highest BCUT2D eigenvalue weighted by molar-refractivity contribution is 6.08. The number of imide groups is 1. The summed E-state index contributed by atoms with van der Waals surface area (Å²) in [6, 6.07) is 8.39. The van der Waals surface area contributed by atoms with Gasteiger partial charge in [0.15, 0.2) is 5.76 Å². The molecule has 31 heavy (non-hydrogen) atoms. The zero-order chi connectivity index (χ0) is 22.0. The van der Waals surface area contributed by atoms with Crippen molar-refractivity contribution < 1.29 is 28.0 Å². The maximum absolute atomic E-state index is 14.0. The van der Waals surface area contributed by atoms with Gasteiger partial charge in [0.25, 0.3) is 5.91 Å². The summed E-state index contributed by atoms with van der Waals surface area (Å²) in [5, 5.41) is 2.54. The van der Waals surface area contributed by atoms with Crippen molar-refractivity contribution in [3.05, 3.63) is 59.8 Å². The molecule has 10 heteroatoms. The van der Waals surface area contributed by atoms with E-state index in [1.165, 1.54) is 29.4 Å². The molecule has 2 aliphatic heterocycles. The molecule has 9 nitrogen and oxygen atoms in total. The number of hydrogen-bond donors (Lipinski definition) is 1. The Morgan fingerprint density at radius 3 is 2.42 bits per heavy atom. The van der Waals surface area contributed by atoms with Crippen LogP contribution < -0.4 is 5.32 Å². The highest BCUT2D eigenvalue weighted by atomic mass is 19.1. The summed E-state index contributed by atoms with van der Waals surface area (Å²) in [7, 11) is 0. The molecule has 1 aromatic heterocycles. The van der Waals surface area contributed by atoms with Crippen molar-refractivity contribution in [2.24, 2.45) is 5.92 Å². The molecule has 5 amide bonds. The van der Waals surface area contributed by atoms with Gasteiger partial charge in [-0.15, -0.1) is 0 Å². The average Bonchev–Trinajstić information content (AvgIpc) is 3.32. The number of rotatable bonds is 4. The quantitative estimate of drug-likeness (QED) is 0.734. The molecule has 1 N–H and O–H groups in total. The first-order valence-electron chi connectivity index (χ1n) is 9.90. The molecule has 2 aromatic rings. The van der Waals surface area contributed by atoms with Crippen molar-refractivity contribution in [2.45, 2.75) is 6.54 Å². The molecule has 162 valence electrons. The van der Waals surface area contributed by atoms with Gasteiger partial charge in [-0.2, -0.15) is 0 Å². The first kappa shape index (κ1) is 20.6. The fraction of sp³-hybridized carbons (Fsp3) is 0.333. The minimum Gasteiger partial charge on any atom is -0.459 e. The zero-order valence-corrected chi connectivity index (χ0v) is 16.6. The van der Waals surface area contributed by atoms with E-state index in [4.69, 9.17) is 4.42 Å². The lowest BCUT2D eigenvalue weighted by molar-refractivity contribution is -0.147. The fourth-order valence-corrected chi connectivity index (χ4v) is 3.71. The van der Waals surface area contributed by atoms with E-state index in [2.05, 4.69) is 5.32 Å². The number of urea groups is 1. The molecule has 0 saturated carbocycles. The Labute approximate surface area is 177 Å². The molecular formula is C21H21FN4O5. The first-order valence-corrected chi connectivity index (χ1v) is 9.90. The Hall–Kier alpha value is -3.69. The minimum atomic E-state index is -1.09. The molecule has 0 aliphatic carbocycles. The number of amides is 5. The maximum atomic E-state index is 14.0. The molecule has 0 bridgehead atoms. The van der Waals surface area contributed by atoms with Crippen molar-refractivity contribution in [2.75, 3.05) is 32.7 Å². The van der Waals surface area contributed by atoms with Gasteiger partial charge in [-0.05, 0) is 18.2 Å². The average molecular weight is 428 g/mol. The van der Waals surface area contributed by atoms with E-state index in [-0.39, 0.29) is 43.4 Å². The van der Waals surface area contributed by atoms with Crippen LogP contribution in [0, 0.1) is 11.7 Å². The van der Waals surface area contributed by atoms with Crippen molar-refractivity contribution in [1.82, 2.24) is 20.0 Å². The van der Waals surface area contributed by atoms with Gasteiger partial charge in [-0.3, -0.25) is 19.3 Å². The second-order valence-corrected chi connectivity index (χ2v) is 7.35. The third-order valence-electron chi connectivity index (χ3n) is 5.46. The van der Waals surface area contributed by atoms with Gasteiger partial charge in [0.2, 0.25) is 11.8 Å². The molecule has 1 atom stereocenters. The van der Waals surface area contributed by atoms with Crippen LogP contribution in [0.25, 0.3) is 0 Å². The van der Waals surface area contributed by atoms with Crippen LogP contribution in [0.5, 0.6) is 0 Å². The molecule has 2 aliphatic rings. The van der Waals surface area contributed by atoms with Crippen LogP contribution >= 0.6 is 0 Å². The lowest BCUT2D eigenvalue weighted by atomic mass is 10.0. The van der Waals surface area contributed by atoms with E-state index in [9.17, 15) is 23.6 Å². The largest absolute Gasteiger partial charge is 0.459 e. The van der Waals surface area contributed by atoms with E-state index in [0.717, 1.165) is 4.90 Å². The number of nitrogens with one attached hydrogen (secondary N) is 1. The lowest BCUT2D eigenvalue weighted by Gasteiger charge is -2.38. The Kier molecular flexibility index (Phi) is 5.70. The topological polar surface area (TPSA) is 103 Å². The molecule has 3 heterocycles. The molecule has 2 saturated heterocycles. The summed E-state index contributed by atoms with van der Waals surface area (Å²) in [6.07, 6.45) is 1.42. The minimum absolute atomic E-state index is 0.115. The van der Waals surface area contributed by atoms with Crippen molar-refractivity contribution >= 4 is 23.8 Å². The van der Waals surface area contributed by atoms with E-state index < -0.39 is 29.6 Å². The Bertz CT molecular complexity index is 1000. The predicted octanol–water partition coefficient (Wildman–Crippen LogP) is 1.07. The van der Waals surface area contributed by atoms with E-state index in [1.54, 1.807) is 23.1 Å². The Morgan fingerprint density at radius 1 is 1.03 bits per heavy atom. The van der Waals surface area contributed by atoms with Crippen molar-refractivity contribution in [1.29, 1.82) is 0 Å². The molecule has 0 spiro atoms. The zero-order valence-electron chi connectivity index (χ0n) is 16.6. The third kappa shape index (κ3) is 4.14. The monoisotopic (exact) mass is 428 g/mol.